The van der Waals surface area contributed by atoms with E-state index in [9.17, 15) is 4.79 Å². The molecule has 6 heterocycles. The van der Waals surface area contributed by atoms with Gasteiger partial charge < -0.3 is 19.9 Å². The van der Waals surface area contributed by atoms with Crippen molar-refractivity contribution in [2.24, 2.45) is 7.05 Å². The molecule has 0 spiro atoms. The minimum Gasteiger partial charge on any atom is -0.481 e. The van der Waals surface area contributed by atoms with E-state index in [0.717, 1.165) is 65.5 Å². The summed E-state index contributed by atoms with van der Waals surface area (Å²) in [5.41, 5.74) is 6.08. The Morgan fingerprint density at radius 3 is 2.38 bits per heavy atom. The van der Waals surface area contributed by atoms with Gasteiger partial charge >= 0.3 is 0 Å². The van der Waals surface area contributed by atoms with Gasteiger partial charge in [0, 0.05) is 86.7 Å². The number of pyridine rings is 3. The lowest BCUT2D eigenvalue weighted by Gasteiger charge is -2.36. The van der Waals surface area contributed by atoms with Crippen LogP contribution in [0, 0.1) is 0 Å². The van der Waals surface area contributed by atoms with Gasteiger partial charge in [0.2, 0.25) is 5.88 Å². The molecule has 0 aromatic carbocycles. The molecule has 0 atom stereocenters. The quantitative estimate of drug-likeness (QED) is 0.337. The molecule has 0 unspecified atom stereocenters. The number of nitrogens with zero attached hydrogens (tertiary/aromatic N) is 8. The van der Waals surface area contributed by atoms with E-state index in [0.29, 0.717) is 18.0 Å². The molecule has 0 saturated carbocycles. The summed E-state index contributed by atoms with van der Waals surface area (Å²) in [7, 11) is 3.51. The number of methoxy groups -OCH3 is 1. The molecular formula is C29H31N9O2. The fraction of sp³-hybridized carbons (Fsp3) is 0.276. The topological polar surface area (TPSA) is 106 Å². The van der Waals surface area contributed by atoms with E-state index < -0.39 is 0 Å². The Hall–Kier alpha value is -4.93. The maximum atomic E-state index is 12.9. The van der Waals surface area contributed by atoms with Crippen LogP contribution in [0.25, 0.3) is 27.8 Å². The molecule has 0 radical (unpaired) electrons. The third-order valence-electron chi connectivity index (χ3n) is 7.19. The number of aryl methyl sites for hydroxylation is 1. The minimum absolute atomic E-state index is 0.151. The molecule has 11 heteroatoms. The lowest BCUT2D eigenvalue weighted by Crippen LogP contribution is -2.46. The minimum atomic E-state index is -0.151. The van der Waals surface area contributed by atoms with Crippen LogP contribution in [0.2, 0.25) is 0 Å². The number of fused-ring (bicyclic) bond motifs is 1. The average Bonchev–Trinajstić information content (AvgIpc) is 3.63. The number of carbonyl (C=O) groups excluding carboxylic acids is 1. The monoisotopic (exact) mass is 537 g/mol. The molecule has 1 aliphatic rings. The van der Waals surface area contributed by atoms with Gasteiger partial charge in [0.1, 0.15) is 5.82 Å². The summed E-state index contributed by atoms with van der Waals surface area (Å²) in [6.07, 6.45) is 11.1. The Kier molecular flexibility index (Phi) is 6.77. The predicted octanol–water partition coefficient (Wildman–Crippen LogP) is 3.28. The summed E-state index contributed by atoms with van der Waals surface area (Å²) in [6, 6.07) is 10.1. The average molecular weight is 538 g/mol. The van der Waals surface area contributed by atoms with E-state index in [1.807, 2.05) is 57.1 Å². The number of amides is 1. The van der Waals surface area contributed by atoms with Crippen LogP contribution in [0.15, 0.2) is 67.5 Å². The summed E-state index contributed by atoms with van der Waals surface area (Å²) in [5.74, 6) is 1.39. The van der Waals surface area contributed by atoms with Crippen LogP contribution < -0.4 is 19.9 Å². The van der Waals surface area contributed by atoms with Crippen LogP contribution in [-0.2, 0) is 7.05 Å². The van der Waals surface area contributed by atoms with Gasteiger partial charge in [-0.15, -0.1) is 0 Å². The number of aromatic nitrogens is 6. The second kappa shape index (κ2) is 10.7. The molecule has 204 valence electrons. The number of anilines is 2. The van der Waals surface area contributed by atoms with Crippen LogP contribution in [0.5, 0.6) is 5.88 Å². The van der Waals surface area contributed by atoms with Crippen molar-refractivity contribution in [2.45, 2.75) is 6.92 Å². The third kappa shape index (κ3) is 4.81. The molecule has 1 saturated heterocycles. The first-order valence-corrected chi connectivity index (χ1v) is 13.3. The van der Waals surface area contributed by atoms with Crippen molar-refractivity contribution >= 4 is 22.9 Å². The zero-order valence-corrected chi connectivity index (χ0v) is 22.8. The van der Waals surface area contributed by atoms with E-state index >= 15 is 0 Å². The van der Waals surface area contributed by atoms with Crippen LogP contribution in [0.3, 0.4) is 0 Å². The number of ether oxygens (including phenoxy) is 1. The van der Waals surface area contributed by atoms with Gasteiger partial charge in [0.05, 0.1) is 42.5 Å². The van der Waals surface area contributed by atoms with Gasteiger partial charge in [-0.2, -0.15) is 10.2 Å². The number of hydrogen-bond donors (Lipinski definition) is 1. The molecule has 1 aliphatic heterocycles. The van der Waals surface area contributed by atoms with Crippen molar-refractivity contribution < 1.29 is 9.53 Å². The van der Waals surface area contributed by atoms with E-state index in [-0.39, 0.29) is 5.91 Å². The molecule has 6 rings (SSSR count). The first kappa shape index (κ1) is 25.4. The molecule has 5 aromatic heterocycles. The standard InChI is InChI=1S/C29H31N9O2/c1-4-30-29(39)25-17-34-38-19-21(22-15-33-35(2)18-22)13-24(28(25)38)20-5-7-26(31-14-20)37-11-9-36(10-12-37)23-6-8-27(40-3)32-16-23/h5-8,13-19H,4,9-12H2,1-3H3,(H,30,39). The van der Waals surface area contributed by atoms with Gasteiger partial charge in [-0.1, -0.05) is 0 Å². The maximum absolute atomic E-state index is 12.9. The summed E-state index contributed by atoms with van der Waals surface area (Å²) < 4.78 is 8.71. The highest BCUT2D eigenvalue weighted by Crippen LogP contribution is 2.32. The van der Waals surface area contributed by atoms with E-state index in [2.05, 4.69) is 48.5 Å². The fourth-order valence-corrected chi connectivity index (χ4v) is 5.10. The molecule has 11 nitrogen and oxygen atoms in total. The second-order valence-corrected chi connectivity index (χ2v) is 9.69. The number of nitrogens with one attached hydrogen (secondary N) is 1. The number of rotatable bonds is 7. The Balaban J connectivity index is 1.28. The number of carbonyl (C=O) groups is 1. The summed E-state index contributed by atoms with van der Waals surface area (Å²) in [4.78, 5) is 26.7. The highest BCUT2D eigenvalue weighted by Gasteiger charge is 2.21. The lowest BCUT2D eigenvalue weighted by atomic mass is 10.0. The highest BCUT2D eigenvalue weighted by molar-refractivity contribution is 6.05. The molecule has 0 aliphatic carbocycles. The van der Waals surface area contributed by atoms with Crippen molar-refractivity contribution in [2.75, 3.05) is 49.6 Å². The predicted molar refractivity (Wildman–Crippen MR) is 154 cm³/mol. The molecule has 5 aromatic rings. The Morgan fingerprint density at radius 2 is 1.73 bits per heavy atom. The molecular weight excluding hydrogens is 506 g/mol. The highest BCUT2D eigenvalue weighted by atomic mass is 16.5. The Bertz CT molecular complexity index is 1630. The SMILES string of the molecule is CCNC(=O)c1cnn2cc(-c3cnn(C)c3)cc(-c3ccc(N4CCN(c5ccc(OC)nc5)CC4)nc3)c12. The molecule has 0 bridgehead atoms. The van der Waals surface area contributed by atoms with Crippen LogP contribution >= 0.6 is 0 Å². The van der Waals surface area contributed by atoms with Crippen molar-refractivity contribution in [3.05, 3.63) is 73.1 Å². The first-order chi connectivity index (χ1) is 19.5. The third-order valence-corrected chi connectivity index (χ3v) is 7.19. The van der Waals surface area contributed by atoms with Crippen LogP contribution in [-0.4, -0.2) is 75.1 Å². The van der Waals surface area contributed by atoms with Gasteiger partial charge in [-0.25, -0.2) is 14.5 Å². The van der Waals surface area contributed by atoms with E-state index in [4.69, 9.17) is 9.72 Å². The van der Waals surface area contributed by atoms with Crippen molar-refractivity contribution in [3.8, 4) is 28.1 Å². The number of hydrogen-bond acceptors (Lipinski definition) is 8. The zero-order valence-electron chi connectivity index (χ0n) is 22.8. The van der Waals surface area contributed by atoms with Gasteiger partial charge in [0.25, 0.3) is 5.91 Å². The second-order valence-electron chi connectivity index (χ2n) is 9.69. The van der Waals surface area contributed by atoms with Crippen molar-refractivity contribution in [3.63, 3.8) is 0 Å². The number of piperazine rings is 1. The Labute approximate surface area is 232 Å². The molecule has 1 fully saturated rings. The van der Waals surface area contributed by atoms with Crippen molar-refractivity contribution in [1.82, 2.24) is 34.7 Å². The molecule has 40 heavy (non-hydrogen) atoms. The largest absolute Gasteiger partial charge is 0.481 e. The van der Waals surface area contributed by atoms with E-state index in [1.165, 1.54) is 0 Å². The zero-order chi connectivity index (χ0) is 27.6. The fourth-order valence-electron chi connectivity index (χ4n) is 5.10. The van der Waals surface area contributed by atoms with Gasteiger partial charge in [0.15, 0.2) is 0 Å². The van der Waals surface area contributed by atoms with E-state index in [1.54, 1.807) is 22.5 Å². The summed E-state index contributed by atoms with van der Waals surface area (Å²) >= 11 is 0. The summed E-state index contributed by atoms with van der Waals surface area (Å²) in [5, 5.41) is 11.7. The molecule has 1 amide bonds. The van der Waals surface area contributed by atoms with Crippen LogP contribution in [0.1, 0.15) is 17.3 Å². The van der Waals surface area contributed by atoms with Gasteiger partial charge in [-0.05, 0) is 31.2 Å². The van der Waals surface area contributed by atoms with Gasteiger partial charge in [-0.3, -0.25) is 9.48 Å². The van der Waals surface area contributed by atoms with Crippen molar-refractivity contribution in [1.29, 1.82) is 0 Å². The Morgan fingerprint density at radius 1 is 0.900 bits per heavy atom. The van der Waals surface area contributed by atoms with Crippen LogP contribution in [0.4, 0.5) is 11.5 Å². The maximum Gasteiger partial charge on any atom is 0.255 e. The normalized spacial score (nSPS) is 13.6. The summed E-state index contributed by atoms with van der Waals surface area (Å²) in [6.45, 7) is 5.89. The smallest absolute Gasteiger partial charge is 0.255 e. The lowest BCUT2D eigenvalue weighted by molar-refractivity contribution is 0.0957. The molecule has 1 N–H and O–H groups in total. The first-order valence-electron chi connectivity index (χ1n) is 13.3.